The van der Waals surface area contributed by atoms with Crippen molar-refractivity contribution in [2.75, 3.05) is 12.8 Å². The fourth-order valence-electron chi connectivity index (χ4n) is 2.86. The average Bonchev–Trinajstić information content (AvgIpc) is 2.54. The van der Waals surface area contributed by atoms with Gasteiger partial charge in [-0.1, -0.05) is 25.5 Å². The normalized spacial score (nSPS) is 23.6. The summed E-state index contributed by atoms with van der Waals surface area (Å²) in [5, 5.41) is 6.48. The van der Waals surface area contributed by atoms with Crippen LogP contribution in [0, 0.1) is 5.92 Å². The lowest BCUT2D eigenvalue weighted by molar-refractivity contribution is -0.124. The third kappa shape index (κ3) is 4.48. The van der Waals surface area contributed by atoms with Gasteiger partial charge in [0, 0.05) is 4.90 Å². The molecule has 3 atom stereocenters. The summed E-state index contributed by atoms with van der Waals surface area (Å²) in [5.41, 5.74) is 1.16. The SMILES string of the molecule is CCC1CCNC(C(=O)NC(C)c2ccc(SC)cc2)C1. The number of carbonyl (C=O) groups is 1. The lowest BCUT2D eigenvalue weighted by Crippen LogP contribution is -2.49. The Bertz CT molecular complexity index is 460. The lowest BCUT2D eigenvalue weighted by Gasteiger charge is -2.29. The number of thioether (sulfide) groups is 1. The molecule has 1 amide bonds. The molecular weight excluding hydrogens is 280 g/mol. The number of amides is 1. The maximum atomic E-state index is 12.4. The largest absolute Gasteiger partial charge is 0.348 e. The zero-order chi connectivity index (χ0) is 15.2. The molecule has 3 unspecified atom stereocenters. The summed E-state index contributed by atoms with van der Waals surface area (Å²) in [7, 11) is 0. The molecule has 1 aliphatic rings. The molecule has 0 spiro atoms. The molecule has 0 saturated carbocycles. The van der Waals surface area contributed by atoms with Gasteiger partial charge < -0.3 is 10.6 Å². The maximum Gasteiger partial charge on any atom is 0.237 e. The maximum absolute atomic E-state index is 12.4. The van der Waals surface area contributed by atoms with Crippen LogP contribution in [0.4, 0.5) is 0 Å². The van der Waals surface area contributed by atoms with Crippen molar-refractivity contribution in [3.63, 3.8) is 0 Å². The van der Waals surface area contributed by atoms with Crippen molar-refractivity contribution >= 4 is 17.7 Å². The van der Waals surface area contributed by atoms with E-state index in [0.717, 1.165) is 24.9 Å². The highest BCUT2D eigenvalue weighted by Crippen LogP contribution is 2.21. The number of hydrogen-bond donors (Lipinski definition) is 2. The number of nitrogens with one attached hydrogen (secondary N) is 2. The Balaban J connectivity index is 1.91. The number of hydrogen-bond acceptors (Lipinski definition) is 3. The second-order valence-corrected chi connectivity index (χ2v) is 6.69. The first-order chi connectivity index (χ1) is 10.1. The van der Waals surface area contributed by atoms with Crippen LogP contribution in [0.3, 0.4) is 0 Å². The predicted octanol–water partition coefficient (Wildman–Crippen LogP) is 3.36. The first-order valence-electron chi connectivity index (χ1n) is 7.81. The molecule has 1 heterocycles. The van der Waals surface area contributed by atoms with E-state index < -0.39 is 0 Å². The van der Waals surface area contributed by atoms with Crippen LogP contribution < -0.4 is 10.6 Å². The van der Waals surface area contributed by atoms with Gasteiger partial charge in [-0.2, -0.15) is 0 Å². The van der Waals surface area contributed by atoms with E-state index in [9.17, 15) is 4.79 Å². The second kappa shape index (κ2) is 7.85. The molecule has 3 nitrogen and oxygen atoms in total. The van der Waals surface area contributed by atoms with Gasteiger partial charge in [0.1, 0.15) is 0 Å². The van der Waals surface area contributed by atoms with Gasteiger partial charge in [-0.15, -0.1) is 11.8 Å². The predicted molar refractivity (Wildman–Crippen MR) is 89.6 cm³/mol. The molecular formula is C17H26N2OS. The third-order valence-electron chi connectivity index (χ3n) is 4.38. The van der Waals surface area contributed by atoms with E-state index >= 15 is 0 Å². The molecule has 21 heavy (non-hydrogen) atoms. The molecule has 0 aromatic heterocycles. The second-order valence-electron chi connectivity index (χ2n) is 5.81. The lowest BCUT2D eigenvalue weighted by atomic mass is 9.90. The highest BCUT2D eigenvalue weighted by atomic mass is 32.2. The Morgan fingerprint density at radius 1 is 1.43 bits per heavy atom. The molecule has 0 aliphatic carbocycles. The fraction of sp³-hybridized carbons (Fsp3) is 0.588. The van der Waals surface area contributed by atoms with Crippen molar-refractivity contribution in [1.29, 1.82) is 0 Å². The van der Waals surface area contributed by atoms with Crippen molar-refractivity contribution in [2.45, 2.75) is 50.1 Å². The summed E-state index contributed by atoms with van der Waals surface area (Å²) >= 11 is 1.73. The average molecular weight is 306 g/mol. The van der Waals surface area contributed by atoms with E-state index in [4.69, 9.17) is 0 Å². The van der Waals surface area contributed by atoms with Crippen molar-refractivity contribution < 1.29 is 4.79 Å². The Hall–Kier alpha value is -1.00. The zero-order valence-electron chi connectivity index (χ0n) is 13.2. The molecule has 1 fully saturated rings. The summed E-state index contributed by atoms with van der Waals surface area (Å²) < 4.78 is 0. The molecule has 1 aliphatic heterocycles. The van der Waals surface area contributed by atoms with Crippen LogP contribution in [0.1, 0.15) is 44.7 Å². The molecule has 2 N–H and O–H groups in total. The van der Waals surface area contributed by atoms with Gasteiger partial charge in [-0.3, -0.25) is 4.79 Å². The standard InChI is InChI=1S/C17H26N2OS/c1-4-13-9-10-18-16(11-13)17(20)19-12(2)14-5-7-15(21-3)8-6-14/h5-8,12-13,16,18H,4,9-11H2,1-3H3,(H,19,20). The van der Waals surface area contributed by atoms with Gasteiger partial charge >= 0.3 is 0 Å². The first-order valence-corrected chi connectivity index (χ1v) is 9.04. The van der Waals surface area contributed by atoms with E-state index in [2.05, 4.69) is 48.1 Å². The van der Waals surface area contributed by atoms with Crippen LogP contribution in [0.15, 0.2) is 29.2 Å². The highest BCUT2D eigenvalue weighted by molar-refractivity contribution is 7.98. The monoisotopic (exact) mass is 306 g/mol. The van der Waals surface area contributed by atoms with Crippen molar-refractivity contribution in [2.24, 2.45) is 5.92 Å². The van der Waals surface area contributed by atoms with Gasteiger partial charge in [-0.25, -0.2) is 0 Å². The molecule has 4 heteroatoms. The van der Waals surface area contributed by atoms with Crippen LogP contribution in [0.5, 0.6) is 0 Å². The molecule has 1 aromatic carbocycles. The van der Waals surface area contributed by atoms with Crippen LogP contribution in [0.2, 0.25) is 0 Å². The molecule has 0 radical (unpaired) electrons. The molecule has 1 aromatic rings. The van der Waals surface area contributed by atoms with E-state index in [0.29, 0.717) is 5.92 Å². The number of rotatable bonds is 5. The molecule has 2 rings (SSSR count). The van der Waals surface area contributed by atoms with E-state index in [1.54, 1.807) is 11.8 Å². The van der Waals surface area contributed by atoms with Crippen LogP contribution >= 0.6 is 11.8 Å². The quantitative estimate of drug-likeness (QED) is 0.820. The summed E-state index contributed by atoms with van der Waals surface area (Å²) in [4.78, 5) is 13.6. The van der Waals surface area contributed by atoms with Gasteiger partial charge in [0.05, 0.1) is 12.1 Å². The van der Waals surface area contributed by atoms with Crippen molar-refractivity contribution in [3.8, 4) is 0 Å². The van der Waals surface area contributed by atoms with Crippen LogP contribution in [0.25, 0.3) is 0 Å². The van der Waals surface area contributed by atoms with Gasteiger partial charge in [0.2, 0.25) is 5.91 Å². The minimum Gasteiger partial charge on any atom is -0.348 e. The van der Waals surface area contributed by atoms with E-state index in [1.165, 1.54) is 11.3 Å². The topological polar surface area (TPSA) is 41.1 Å². The zero-order valence-corrected chi connectivity index (χ0v) is 14.0. The van der Waals surface area contributed by atoms with Crippen molar-refractivity contribution in [1.82, 2.24) is 10.6 Å². The number of piperidine rings is 1. The minimum absolute atomic E-state index is 0.0309. The fourth-order valence-corrected chi connectivity index (χ4v) is 3.26. The van der Waals surface area contributed by atoms with Crippen LogP contribution in [-0.4, -0.2) is 24.7 Å². The van der Waals surface area contributed by atoms with E-state index in [-0.39, 0.29) is 18.0 Å². The Morgan fingerprint density at radius 2 is 2.14 bits per heavy atom. The Labute approximate surface area is 132 Å². The molecule has 1 saturated heterocycles. The smallest absolute Gasteiger partial charge is 0.237 e. The summed E-state index contributed by atoms with van der Waals surface area (Å²) in [6.45, 7) is 5.21. The van der Waals surface area contributed by atoms with Gasteiger partial charge in [0.15, 0.2) is 0 Å². The number of benzene rings is 1. The molecule has 0 bridgehead atoms. The number of carbonyl (C=O) groups excluding carboxylic acids is 1. The van der Waals surface area contributed by atoms with Crippen molar-refractivity contribution in [3.05, 3.63) is 29.8 Å². The first kappa shape index (κ1) is 16.4. The van der Waals surface area contributed by atoms with Crippen LogP contribution in [-0.2, 0) is 4.79 Å². The summed E-state index contributed by atoms with van der Waals surface area (Å²) in [6.07, 6.45) is 5.38. The minimum atomic E-state index is -0.0309. The summed E-state index contributed by atoms with van der Waals surface area (Å²) in [6, 6.07) is 8.43. The Kier molecular flexibility index (Phi) is 6.12. The molecule has 116 valence electrons. The van der Waals surface area contributed by atoms with E-state index in [1.807, 2.05) is 6.92 Å². The highest BCUT2D eigenvalue weighted by Gasteiger charge is 2.26. The van der Waals surface area contributed by atoms with Gasteiger partial charge in [-0.05, 0) is 56.2 Å². The third-order valence-corrected chi connectivity index (χ3v) is 5.12. The summed E-state index contributed by atoms with van der Waals surface area (Å²) in [5.74, 6) is 0.813. The Morgan fingerprint density at radius 3 is 2.76 bits per heavy atom. The van der Waals surface area contributed by atoms with Gasteiger partial charge in [0.25, 0.3) is 0 Å².